The SMILES string of the molecule is Fc1ccccc1OCCSc1nnc(-c2ccccc2)n1-c1ccccc1. The Hall–Kier alpha value is -3.12. The first-order chi connectivity index (χ1) is 13.8. The molecule has 140 valence electrons. The van der Waals surface area contributed by atoms with Crippen LogP contribution in [-0.4, -0.2) is 27.1 Å². The van der Waals surface area contributed by atoms with Gasteiger partial charge < -0.3 is 4.74 Å². The molecule has 1 heterocycles. The number of thioether (sulfide) groups is 1. The van der Waals surface area contributed by atoms with E-state index in [9.17, 15) is 4.39 Å². The third-order valence-corrected chi connectivity index (χ3v) is 4.98. The topological polar surface area (TPSA) is 39.9 Å². The van der Waals surface area contributed by atoms with Crippen molar-refractivity contribution in [3.05, 3.63) is 90.7 Å². The molecule has 0 aliphatic rings. The molecule has 0 saturated carbocycles. The zero-order chi connectivity index (χ0) is 19.2. The largest absolute Gasteiger partial charge is 0.490 e. The predicted octanol–water partition coefficient (Wildman–Crippen LogP) is 5.24. The zero-order valence-electron chi connectivity index (χ0n) is 15.0. The van der Waals surface area contributed by atoms with Crippen molar-refractivity contribution in [3.8, 4) is 22.8 Å². The first-order valence-corrected chi connectivity index (χ1v) is 9.88. The van der Waals surface area contributed by atoms with Gasteiger partial charge >= 0.3 is 0 Å². The summed E-state index contributed by atoms with van der Waals surface area (Å²) in [7, 11) is 0. The van der Waals surface area contributed by atoms with Gasteiger partial charge in [0.25, 0.3) is 0 Å². The van der Waals surface area contributed by atoms with E-state index in [0.717, 1.165) is 22.2 Å². The fourth-order valence-corrected chi connectivity index (χ4v) is 3.56. The van der Waals surface area contributed by atoms with Gasteiger partial charge in [-0.25, -0.2) is 4.39 Å². The van der Waals surface area contributed by atoms with Crippen LogP contribution in [0.3, 0.4) is 0 Å². The minimum atomic E-state index is -0.355. The van der Waals surface area contributed by atoms with Gasteiger partial charge in [-0.1, -0.05) is 72.4 Å². The number of rotatable bonds is 7. The van der Waals surface area contributed by atoms with E-state index in [1.807, 2.05) is 65.2 Å². The monoisotopic (exact) mass is 391 g/mol. The molecule has 0 atom stereocenters. The highest BCUT2D eigenvalue weighted by Crippen LogP contribution is 2.28. The predicted molar refractivity (Wildman–Crippen MR) is 109 cm³/mol. The molecule has 0 amide bonds. The Kier molecular flexibility index (Phi) is 5.68. The normalized spacial score (nSPS) is 10.8. The van der Waals surface area contributed by atoms with Crippen molar-refractivity contribution in [1.29, 1.82) is 0 Å². The van der Waals surface area contributed by atoms with Crippen molar-refractivity contribution in [2.75, 3.05) is 12.4 Å². The summed E-state index contributed by atoms with van der Waals surface area (Å²) >= 11 is 1.52. The quantitative estimate of drug-likeness (QED) is 0.319. The molecule has 4 rings (SSSR count). The van der Waals surface area contributed by atoms with Crippen LogP contribution in [0, 0.1) is 5.82 Å². The summed E-state index contributed by atoms with van der Waals surface area (Å²) in [6, 6.07) is 26.4. The number of aromatic nitrogens is 3. The summed E-state index contributed by atoms with van der Waals surface area (Å²) in [6.07, 6.45) is 0. The van der Waals surface area contributed by atoms with E-state index in [0.29, 0.717) is 12.4 Å². The lowest BCUT2D eigenvalue weighted by Crippen LogP contribution is -2.04. The van der Waals surface area contributed by atoms with Gasteiger partial charge in [-0.3, -0.25) is 4.57 Å². The molecule has 3 aromatic carbocycles. The number of hydrogen-bond acceptors (Lipinski definition) is 4. The average Bonchev–Trinajstić information content (AvgIpc) is 3.17. The molecular formula is C22H18FN3OS. The second-order valence-corrected chi connectivity index (χ2v) is 7.03. The molecule has 0 aliphatic heterocycles. The van der Waals surface area contributed by atoms with Crippen LogP contribution in [0.25, 0.3) is 17.1 Å². The lowest BCUT2D eigenvalue weighted by molar-refractivity contribution is 0.325. The third kappa shape index (κ3) is 4.07. The van der Waals surface area contributed by atoms with Crippen LogP contribution >= 0.6 is 11.8 Å². The zero-order valence-corrected chi connectivity index (χ0v) is 15.8. The number of benzene rings is 3. The minimum absolute atomic E-state index is 0.262. The van der Waals surface area contributed by atoms with E-state index in [1.54, 1.807) is 18.2 Å². The highest BCUT2D eigenvalue weighted by molar-refractivity contribution is 7.99. The Morgan fingerprint density at radius 2 is 1.50 bits per heavy atom. The molecule has 1 aromatic heterocycles. The van der Waals surface area contributed by atoms with Crippen LogP contribution in [0.5, 0.6) is 5.75 Å². The summed E-state index contributed by atoms with van der Waals surface area (Å²) < 4.78 is 21.2. The Labute approximate surface area is 167 Å². The number of nitrogens with zero attached hydrogens (tertiary/aromatic N) is 3. The molecule has 0 aliphatic carbocycles. The Balaban J connectivity index is 1.54. The van der Waals surface area contributed by atoms with Gasteiger partial charge in [-0.15, -0.1) is 10.2 Å². The first-order valence-electron chi connectivity index (χ1n) is 8.89. The van der Waals surface area contributed by atoms with Crippen molar-refractivity contribution in [2.24, 2.45) is 0 Å². The minimum Gasteiger partial charge on any atom is -0.490 e. The maximum absolute atomic E-state index is 13.7. The third-order valence-electron chi connectivity index (χ3n) is 4.09. The molecule has 28 heavy (non-hydrogen) atoms. The van der Waals surface area contributed by atoms with E-state index in [4.69, 9.17) is 4.74 Å². The lowest BCUT2D eigenvalue weighted by Gasteiger charge is -2.11. The summed E-state index contributed by atoms with van der Waals surface area (Å²) in [5.74, 6) is 1.31. The Bertz CT molecular complexity index is 1040. The molecule has 0 N–H and O–H groups in total. The fraction of sp³-hybridized carbons (Fsp3) is 0.0909. The van der Waals surface area contributed by atoms with Crippen LogP contribution in [0.1, 0.15) is 0 Å². The average molecular weight is 391 g/mol. The molecule has 0 fully saturated rings. The van der Waals surface area contributed by atoms with Gasteiger partial charge in [0.1, 0.15) is 0 Å². The molecule has 0 bridgehead atoms. The first kappa shape index (κ1) is 18.3. The second-order valence-electron chi connectivity index (χ2n) is 5.97. The van der Waals surface area contributed by atoms with E-state index in [-0.39, 0.29) is 11.6 Å². The van der Waals surface area contributed by atoms with Gasteiger partial charge in [-0.2, -0.15) is 0 Å². The van der Waals surface area contributed by atoms with Crippen molar-refractivity contribution in [3.63, 3.8) is 0 Å². The maximum Gasteiger partial charge on any atom is 0.196 e. The highest BCUT2D eigenvalue weighted by Gasteiger charge is 2.15. The van der Waals surface area contributed by atoms with Gasteiger partial charge in [-0.05, 0) is 24.3 Å². The molecule has 4 nitrogen and oxygen atoms in total. The van der Waals surface area contributed by atoms with Gasteiger partial charge in [0.2, 0.25) is 0 Å². The van der Waals surface area contributed by atoms with Crippen molar-refractivity contribution in [2.45, 2.75) is 5.16 Å². The van der Waals surface area contributed by atoms with Crippen LogP contribution < -0.4 is 4.74 Å². The molecule has 0 spiro atoms. The summed E-state index contributed by atoms with van der Waals surface area (Å²) in [5, 5.41) is 9.55. The lowest BCUT2D eigenvalue weighted by atomic mass is 10.2. The van der Waals surface area contributed by atoms with E-state index < -0.39 is 0 Å². The summed E-state index contributed by atoms with van der Waals surface area (Å²) in [4.78, 5) is 0. The Morgan fingerprint density at radius 3 is 2.25 bits per heavy atom. The summed E-state index contributed by atoms with van der Waals surface area (Å²) in [5.41, 5.74) is 1.98. The van der Waals surface area contributed by atoms with Crippen molar-refractivity contribution in [1.82, 2.24) is 14.8 Å². The molecule has 4 aromatic rings. The second kappa shape index (κ2) is 8.71. The van der Waals surface area contributed by atoms with Crippen LogP contribution in [0.15, 0.2) is 90.1 Å². The van der Waals surface area contributed by atoms with Crippen molar-refractivity contribution < 1.29 is 9.13 Å². The van der Waals surface area contributed by atoms with E-state index in [1.165, 1.54) is 17.8 Å². The van der Waals surface area contributed by atoms with Gasteiger partial charge in [0, 0.05) is 17.0 Å². The molecule has 0 saturated heterocycles. The molecule has 0 radical (unpaired) electrons. The van der Waals surface area contributed by atoms with Crippen molar-refractivity contribution >= 4 is 11.8 Å². The molecular weight excluding hydrogens is 373 g/mol. The van der Waals surface area contributed by atoms with Crippen LogP contribution in [-0.2, 0) is 0 Å². The van der Waals surface area contributed by atoms with Crippen LogP contribution in [0.4, 0.5) is 4.39 Å². The highest BCUT2D eigenvalue weighted by atomic mass is 32.2. The van der Waals surface area contributed by atoms with Crippen LogP contribution in [0.2, 0.25) is 0 Å². The van der Waals surface area contributed by atoms with Gasteiger partial charge in [0.15, 0.2) is 22.5 Å². The molecule has 0 unspecified atom stereocenters. The maximum atomic E-state index is 13.7. The van der Waals surface area contributed by atoms with E-state index in [2.05, 4.69) is 10.2 Å². The smallest absolute Gasteiger partial charge is 0.196 e. The fourth-order valence-electron chi connectivity index (χ4n) is 2.79. The number of ether oxygens (including phenoxy) is 1. The standard InChI is InChI=1S/C22H18FN3OS/c23-19-13-7-8-14-20(19)27-15-16-28-22-25-24-21(17-9-3-1-4-10-17)26(22)18-11-5-2-6-12-18/h1-14H,15-16H2. The number of para-hydroxylation sites is 2. The number of halogens is 1. The summed E-state index contributed by atoms with van der Waals surface area (Å²) in [6.45, 7) is 0.369. The Morgan fingerprint density at radius 1 is 0.821 bits per heavy atom. The van der Waals surface area contributed by atoms with E-state index >= 15 is 0 Å². The number of hydrogen-bond donors (Lipinski definition) is 0. The molecule has 6 heteroatoms. The van der Waals surface area contributed by atoms with Gasteiger partial charge in [0.05, 0.1) is 6.61 Å².